The molecular weight excluding hydrogens is 277 g/mol. The summed E-state index contributed by atoms with van der Waals surface area (Å²) >= 11 is 6.04. The summed E-state index contributed by atoms with van der Waals surface area (Å²) in [7, 11) is 0. The van der Waals surface area contributed by atoms with Gasteiger partial charge in [-0.1, -0.05) is 24.1 Å². The summed E-state index contributed by atoms with van der Waals surface area (Å²) < 4.78 is 13.8. The van der Waals surface area contributed by atoms with Gasteiger partial charge in [0.25, 0.3) is 0 Å². The second-order valence-corrected chi connectivity index (χ2v) is 6.53. The van der Waals surface area contributed by atoms with Crippen LogP contribution in [-0.2, 0) is 6.42 Å². The topological polar surface area (TPSA) is 23.5 Å². The molecule has 1 heterocycles. The normalized spacial score (nSPS) is 19.1. The van der Waals surface area contributed by atoms with E-state index in [0.717, 1.165) is 25.9 Å². The van der Waals surface area contributed by atoms with Gasteiger partial charge in [0.2, 0.25) is 0 Å². The minimum Gasteiger partial charge on any atom is -0.391 e. The van der Waals surface area contributed by atoms with Crippen molar-refractivity contribution in [2.75, 3.05) is 13.1 Å². The molecule has 1 fully saturated rings. The Morgan fingerprint density at radius 1 is 1.30 bits per heavy atom. The smallest absolute Gasteiger partial charge is 0.127 e. The zero-order valence-corrected chi connectivity index (χ0v) is 13.0. The standard InChI is InChI=1S/C16H23ClFNO/c1-16(2,19-9-4-3-5-10-19)15(20)11-12-13(17)7-6-8-14(12)18/h6-8,15,20H,3-5,9-11H2,1-2H3. The summed E-state index contributed by atoms with van der Waals surface area (Å²) in [6.45, 7) is 6.04. The van der Waals surface area contributed by atoms with Crippen molar-refractivity contribution < 1.29 is 9.50 Å². The quantitative estimate of drug-likeness (QED) is 0.917. The van der Waals surface area contributed by atoms with E-state index in [2.05, 4.69) is 4.90 Å². The molecule has 0 saturated carbocycles. The molecule has 112 valence electrons. The van der Waals surface area contributed by atoms with Crippen molar-refractivity contribution in [3.63, 3.8) is 0 Å². The fraction of sp³-hybridized carbons (Fsp3) is 0.625. The predicted octanol–water partition coefficient (Wildman–Crippen LogP) is 3.65. The molecule has 0 aliphatic carbocycles. The number of aliphatic hydroxyl groups excluding tert-OH is 1. The molecule has 0 amide bonds. The summed E-state index contributed by atoms with van der Waals surface area (Å²) in [6, 6.07) is 4.64. The first-order chi connectivity index (χ1) is 9.43. The largest absolute Gasteiger partial charge is 0.391 e. The van der Waals surface area contributed by atoms with Crippen LogP contribution in [0.3, 0.4) is 0 Å². The fourth-order valence-corrected chi connectivity index (χ4v) is 3.09. The summed E-state index contributed by atoms with van der Waals surface area (Å²) in [5, 5.41) is 11.0. The zero-order valence-electron chi connectivity index (χ0n) is 12.2. The van der Waals surface area contributed by atoms with Crippen molar-refractivity contribution >= 4 is 11.6 Å². The number of benzene rings is 1. The van der Waals surface area contributed by atoms with Crippen molar-refractivity contribution in [2.45, 2.75) is 51.2 Å². The number of nitrogens with zero attached hydrogens (tertiary/aromatic N) is 1. The van der Waals surface area contributed by atoms with Gasteiger partial charge in [0.05, 0.1) is 6.10 Å². The molecule has 1 aromatic rings. The highest BCUT2D eigenvalue weighted by Crippen LogP contribution is 2.28. The zero-order chi connectivity index (χ0) is 14.8. The Morgan fingerprint density at radius 3 is 2.55 bits per heavy atom. The Kier molecular flexibility index (Phi) is 5.05. The molecule has 0 spiro atoms. The van der Waals surface area contributed by atoms with Crippen LogP contribution in [0.1, 0.15) is 38.7 Å². The molecule has 0 bridgehead atoms. The lowest BCUT2D eigenvalue weighted by Gasteiger charge is -2.44. The van der Waals surface area contributed by atoms with Crippen LogP contribution in [0.4, 0.5) is 4.39 Å². The van der Waals surface area contributed by atoms with Crippen LogP contribution in [-0.4, -0.2) is 34.7 Å². The summed E-state index contributed by atoms with van der Waals surface area (Å²) in [5.41, 5.74) is 0.0400. The first kappa shape index (κ1) is 15.7. The van der Waals surface area contributed by atoms with Crippen molar-refractivity contribution in [3.05, 3.63) is 34.6 Å². The van der Waals surface area contributed by atoms with E-state index in [-0.39, 0.29) is 17.8 Å². The number of hydrogen-bond acceptors (Lipinski definition) is 2. The van der Waals surface area contributed by atoms with Crippen molar-refractivity contribution in [1.82, 2.24) is 4.90 Å². The summed E-state index contributed by atoms with van der Waals surface area (Å²) in [5.74, 6) is -0.342. The lowest BCUT2D eigenvalue weighted by atomic mass is 9.88. The maximum atomic E-state index is 13.8. The Labute approximate surface area is 125 Å². The number of likely N-dealkylation sites (tertiary alicyclic amines) is 1. The summed E-state index contributed by atoms with van der Waals surface area (Å²) in [6.07, 6.45) is 3.18. The third-order valence-electron chi connectivity index (χ3n) is 4.45. The van der Waals surface area contributed by atoms with Gasteiger partial charge in [-0.25, -0.2) is 4.39 Å². The highest BCUT2D eigenvalue weighted by molar-refractivity contribution is 6.31. The number of rotatable bonds is 4. The van der Waals surface area contributed by atoms with Crippen LogP contribution in [0.15, 0.2) is 18.2 Å². The van der Waals surface area contributed by atoms with E-state index in [0.29, 0.717) is 10.6 Å². The maximum Gasteiger partial charge on any atom is 0.127 e. The van der Waals surface area contributed by atoms with E-state index in [1.807, 2.05) is 13.8 Å². The first-order valence-electron chi connectivity index (χ1n) is 7.29. The second-order valence-electron chi connectivity index (χ2n) is 6.12. The molecule has 0 aromatic heterocycles. The fourth-order valence-electron chi connectivity index (χ4n) is 2.85. The Balaban J connectivity index is 2.12. The van der Waals surface area contributed by atoms with Gasteiger partial charge in [-0.05, 0) is 51.9 Å². The molecule has 20 heavy (non-hydrogen) atoms. The molecule has 2 rings (SSSR count). The van der Waals surface area contributed by atoms with Gasteiger partial charge in [0, 0.05) is 22.5 Å². The van der Waals surface area contributed by atoms with Crippen molar-refractivity contribution in [2.24, 2.45) is 0 Å². The number of halogens is 2. The van der Waals surface area contributed by atoms with Crippen molar-refractivity contribution in [1.29, 1.82) is 0 Å². The first-order valence-corrected chi connectivity index (χ1v) is 7.66. The molecule has 1 aliphatic heterocycles. The van der Waals surface area contributed by atoms with Gasteiger partial charge < -0.3 is 5.11 Å². The highest BCUT2D eigenvalue weighted by Gasteiger charge is 2.35. The van der Waals surface area contributed by atoms with E-state index in [1.54, 1.807) is 12.1 Å². The molecule has 1 N–H and O–H groups in total. The second kappa shape index (κ2) is 6.42. The van der Waals surface area contributed by atoms with Gasteiger partial charge >= 0.3 is 0 Å². The minimum atomic E-state index is -0.644. The van der Waals surface area contributed by atoms with E-state index in [1.165, 1.54) is 12.5 Å². The number of piperidine rings is 1. The van der Waals surface area contributed by atoms with Gasteiger partial charge in [0.1, 0.15) is 5.82 Å². The minimum absolute atomic E-state index is 0.245. The highest BCUT2D eigenvalue weighted by atomic mass is 35.5. The lowest BCUT2D eigenvalue weighted by Crippen LogP contribution is -2.54. The number of hydrogen-bond donors (Lipinski definition) is 1. The van der Waals surface area contributed by atoms with Gasteiger partial charge in [-0.15, -0.1) is 0 Å². The van der Waals surface area contributed by atoms with E-state index >= 15 is 0 Å². The van der Waals surface area contributed by atoms with Crippen LogP contribution in [0, 0.1) is 5.82 Å². The molecule has 0 radical (unpaired) electrons. The molecule has 1 saturated heterocycles. The Bertz CT molecular complexity index is 438. The average Bonchev–Trinajstić information content (AvgIpc) is 2.43. The van der Waals surface area contributed by atoms with Crippen molar-refractivity contribution in [3.8, 4) is 0 Å². The van der Waals surface area contributed by atoms with Gasteiger partial charge in [-0.2, -0.15) is 0 Å². The Morgan fingerprint density at radius 2 is 1.95 bits per heavy atom. The van der Waals surface area contributed by atoms with Crippen LogP contribution >= 0.6 is 11.6 Å². The lowest BCUT2D eigenvalue weighted by molar-refractivity contribution is -0.0190. The number of aliphatic hydroxyl groups is 1. The van der Waals surface area contributed by atoms with Crippen LogP contribution in [0.25, 0.3) is 0 Å². The molecule has 1 unspecified atom stereocenters. The van der Waals surface area contributed by atoms with Crippen LogP contribution in [0.2, 0.25) is 5.02 Å². The van der Waals surface area contributed by atoms with Gasteiger partial charge in [-0.3, -0.25) is 4.90 Å². The molecule has 1 aliphatic rings. The third kappa shape index (κ3) is 3.33. The maximum absolute atomic E-state index is 13.8. The van der Waals surface area contributed by atoms with E-state index in [9.17, 15) is 9.50 Å². The Hall–Kier alpha value is -0.640. The molecule has 2 nitrogen and oxygen atoms in total. The molecule has 1 aromatic carbocycles. The van der Waals surface area contributed by atoms with Crippen LogP contribution in [0.5, 0.6) is 0 Å². The monoisotopic (exact) mass is 299 g/mol. The molecule has 4 heteroatoms. The van der Waals surface area contributed by atoms with E-state index < -0.39 is 6.10 Å². The third-order valence-corrected chi connectivity index (χ3v) is 4.80. The van der Waals surface area contributed by atoms with Gasteiger partial charge in [0.15, 0.2) is 0 Å². The SMILES string of the molecule is CC(C)(C(O)Cc1c(F)cccc1Cl)N1CCCCC1. The molecule has 1 atom stereocenters. The molecular formula is C16H23ClFNO. The summed E-state index contributed by atoms with van der Waals surface area (Å²) in [4.78, 5) is 2.30. The average molecular weight is 300 g/mol. The predicted molar refractivity (Wildman–Crippen MR) is 80.6 cm³/mol. The van der Waals surface area contributed by atoms with Crippen LogP contribution < -0.4 is 0 Å². The van der Waals surface area contributed by atoms with E-state index in [4.69, 9.17) is 11.6 Å².